The highest BCUT2D eigenvalue weighted by Gasteiger charge is 2.28. The average molecular weight is 322 g/mol. The molecule has 0 unspecified atom stereocenters. The van der Waals surface area contributed by atoms with E-state index in [9.17, 15) is 10.1 Å². The standard InChI is InChI=1S/C11H14N8O2S/c1-7-15-16-11(22-7)18-4-2-17(3-5-18)10-8(19(20)21)9(12)13-6-14-10/h6H,2-5H2,1H3,(H2,12,13,14). The molecule has 0 aliphatic carbocycles. The monoisotopic (exact) mass is 322 g/mol. The Labute approximate surface area is 129 Å². The first-order valence-electron chi connectivity index (χ1n) is 6.61. The van der Waals surface area contributed by atoms with Gasteiger partial charge in [0.15, 0.2) is 0 Å². The van der Waals surface area contributed by atoms with Crippen molar-refractivity contribution in [2.24, 2.45) is 0 Å². The largest absolute Gasteiger partial charge is 0.378 e. The van der Waals surface area contributed by atoms with Crippen molar-refractivity contribution in [1.82, 2.24) is 20.2 Å². The summed E-state index contributed by atoms with van der Waals surface area (Å²) in [7, 11) is 0. The van der Waals surface area contributed by atoms with Crippen LogP contribution in [0.1, 0.15) is 5.01 Å². The van der Waals surface area contributed by atoms with Gasteiger partial charge in [0.1, 0.15) is 11.3 Å². The van der Waals surface area contributed by atoms with E-state index in [1.54, 1.807) is 0 Å². The summed E-state index contributed by atoms with van der Waals surface area (Å²) < 4.78 is 0. The molecule has 3 heterocycles. The predicted molar refractivity (Wildman–Crippen MR) is 82.2 cm³/mol. The second-order valence-electron chi connectivity index (χ2n) is 4.77. The molecule has 10 nitrogen and oxygen atoms in total. The molecule has 116 valence electrons. The van der Waals surface area contributed by atoms with Crippen molar-refractivity contribution in [2.45, 2.75) is 6.92 Å². The van der Waals surface area contributed by atoms with Crippen LogP contribution in [0.4, 0.5) is 22.5 Å². The lowest BCUT2D eigenvalue weighted by atomic mass is 10.3. The van der Waals surface area contributed by atoms with E-state index in [-0.39, 0.29) is 17.3 Å². The van der Waals surface area contributed by atoms with Gasteiger partial charge in [-0.2, -0.15) is 0 Å². The fraction of sp³-hybridized carbons (Fsp3) is 0.455. The Kier molecular flexibility index (Phi) is 3.71. The SMILES string of the molecule is Cc1nnc(N2CCN(c3ncnc(N)c3[N+](=O)[O-])CC2)s1. The minimum atomic E-state index is -0.537. The van der Waals surface area contributed by atoms with Gasteiger partial charge in [0.25, 0.3) is 0 Å². The van der Waals surface area contributed by atoms with Crippen LogP contribution < -0.4 is 15.5 Å². The van der Waals surface area contributed by atoms with E-state index in [4.69, 9.17) is 5.73 Å². The van der Waals surface area contributed by atoms with Crippen molar-refractivity contribution in [2.75, 3.05) is 41.7 Å². The van der Waals surface area contributed by atoms with Crippen molar-refractivity contribution in [3.63, 3.8) is 0 Å². The van der Waals surface area contributed by atoms with Crippen LogP contribution in [0.25, 0.3) is 0 Å². The lowest BCUT2D eigenvalue weighted by molar-refractivity contribution is -0.383. The molecule has 3 rings (SSSR count). The Morgan fingerprint density at radius 2 is 1.91 bits per heavy atom. The number of anilines is 3. The number of nitro groups is 1. The van der Waals surface area contributed by atoms with Gasteiger partial charge in [-0.1, -0.05) is 11.3 Å². The van der Waals surface area contributed by atoms with Crippen LogP contribution in [0.2, 0.25) is 0 Å². The van der Waals surface area contributed by atoms with Crippen LogP contribution in [0.3, 0.4) is 0 Å². The van der Waals surface area contributed by atoms with Gasteiger partial charge in [-0.05, 0) is 6.92 Å². The summed E-state index contributed by atoms with van der Waals surface area (Å²) in [6.07, 6.45) is 1.25. The molecule has 1 aliphatic rings. The van der Waals surface area contributed by atoms with Gasteiger partial charge >= 0.3 is 5.69 Å². The fourth-order valence-corrected chi connectivity index (χ4v) is 3.05. The predicted octanol–water partition coefficient (Wildman–Crippen LogP) is 0.454. The van der Waals surface area contributed by atoms with Crippen molar-refractivity contribution >= 4 is 33.8 Å². The van der Waals surface area contributed by atoms with Crippen LogP contribution in [-0.2, 0) is 0 Å². The van der Waals surface area contributed by atoms with E-state index in [1.807, 2.05) is 11.8 Å². The molecule has 0 atom stereocenters. The summed E-state index contributed by atoms with van der Waals surface area (Å²) in [6.45, 7) is 4.47. The Morgan fingerprint density at radius 3 is 2.50 bits per heavy atom. The molecule has 2 N–H and O–H groups in total. The molecule has 0 bridgehead atoms. The van der Waals surface area contributed by atoms with Gasteiger partial charge in [0.2, 0.25) is 16.8 Å². The zero-order valence-electron chi connectivity index (χ0n) is 11.8. The highest BCUT2D eigenvalue weighted by molar-refractivity contribution is 7.15. The summed E-state index contributed by atoms with van der Waals surface area (Å²) in [5.74, 6) is 0.155. The average Bonchev–Trinajstić information content (AvgIpc) is 2.93. The van der Waals surface area contributed by atoms with Gasteiger partial charge in [-0.15, -0.1) is 10.2 Å². The van der Waals surface area contributed by atoms with E-state index in [2.05, 4.69) is 25.1 Å². The van der Waals surface area contributed by atoms with Crippen LogP contribution in [0.5, 0.6) is 0 Å². The molecule has 1 aliphatic heterocycles. The number of rotatable bonds is 3. The molecule has 2 aromatic rings. The highest BCUT2D eigenvalue weighted by Crippen LogP contribution is 2.31. The molecule has 1 saturated heterocycles. The van der Waals surface area contributed by atoms with Crippen LogP contribution >= 0.6 is 11.3 Å². The zero-order valence-corrected chi connectivity index (χ0v) is 12.7. The van der Waals surface area contributed by atoms with Gasteiger partial charge in [-0.3, -0.25) is 10.1 Å². The van der Waals surface area contributed by atoms with E-state index >= 15 is 0 Å². The number of nitrogens with zero attached hydrogens (tertiary/aromatic N) is 7. The molecule has 0 radical (unpaired) electrons. The third-order valence-corrected chi connectivity index (χ3v) is 4.28. The van der Waals surface area contributed by atoms with Crippen LogP contribution in [0, 0.1) is 17.0 Å². The molecular weight excluding hydrogens is 308 g/mol. The molecule has 1 fully saturated rings. The van der Waals surface area contributed by atoms with E-state index in [0.29, 0.717) is 26.2 Å². The molecule has 0 spiro atoms. The minimum absolute atomic E-state index is 0.114. The van der Waals surface area contributed by atoms with Gasteiger partial charge in [0, 0.05) is 26.2 Å². The van der Waals surface area contributed by atoms with E-state index in [0.717, 1.165) is 10.1 Å². The quantitative estimate of drug-likeness (QED) is 0.632. The second kappa shape index (κ2) is 5.67. The normalized spacial score (nSPS) is 15.1. The number of hydrogen-bond acceptors (Lipinski definition) is 10. The first kappa shape index (κ1) is 14.4. The molecule has 2 aromatic heterocycles. The Bertz CT molecular complexity index is 697. The third-order valence-electron chi connectivity index (χ3n) is 3.38. The Morgan fingerprint density at radius 1 is 1.23 bits per heavy atom. The summed E-state index contributed by atoms with van der Waals surface area (Å²) in [5, 5.41) is 21.1. The highest BCUT2D eigenvalue weighted by atomic mass is 32.1. The maximum atomic E-state index is 11.2. The van der Waals surface area contributed by atoms with Gasteiger partial charge in [0.05, 0.1) is 4.92 Å². The number of nitrogens with two attached hydrogens (primary N) is 1. The van der Waals surface area contributed by atoms with Gasteiger partial charge < -0.3 is 15.5 Å². The Balaban J connectivity index is 1.77. The number of piperazine rings is 1. The van der Waals surface area contributed by atoms with Crippen molar-refractivity contribution in [3.8, 4) is 0 Å². The smallest absolute Gasteiger partial charge is 0.353 e. The van der Waals surface area contributed by atoms with Crippen LogP contribution in [-0.4, -0.2) is 51.3 Å². The zero-order chi connectivity index (χ0) is 15.7. The van der Waals surface area contributed by atoms with E-state index < -0.39 is 4.92 Å². The summed E-state index contributed by atoms with van der Waals surface area (Å²) >= 11 is 1.53. The summed E-state index contributed by atoms with van der Waals surface area (Å²) in [4.78, 5) is 22.3. The third kappa shape index (κ3) is 2.62. The lowest BCUT2D eigenvalue weighted by Crippen LogP contribution is -2.47. The Hall–Kier alpha value is -2.56. The maximum Gasteiger partial charge on any atom is 0.353 e. The van der Waals surface area contributed by atoms with Crippen LogP contribution in [0.15, 0.2) is 6.33 Å². The number of nitrogen functional groups attached to an aromatic ring is 1. The summed E-state index contributed by atoms with van der Waals surface area (Å²) in [6, 6.07) is 0. The molecule has 0 amide bonds. The summed E-state index contributed by atoms with van der Waals surface area (Å²) in [5.41, 5.74) is 5.37. The first-order valence-corrected chi connectivity index (χ1v) is 7.43. The molecule has 22 heavy (non-hydrogen) atoms. The van der Waals surface area contributed by atoms with E-state index in [1.165, 1.54) is 17.7 Å². The molecule has 0 saturated carbocycles. The van der Waals surface area contributed by atoms with Crippen molar-refractivity contribution < 1.29 is 4.92 Å². The second-order valence-corrected chi connectivity index (χ2v) is 5.93. The topological polar surface area (TPSA) is 127 Å². The van der Waals surface area contributed by atoms with Crippen molar-refractivity contribution in [3.05, 3.63) is 21.4 Å². The molecular formula is C11H14N8O2S. The molecule has 0 aromatic carbocycles. The van der Waals surface area contributed by atoms with Crippen molar-refractivity contribution in [1.29, 1.82) is 0 Å². The minimum Gasteiger partial charge on any atom is -0.378 e. The first-order chi connectivity index (χ1) is 10.6. The van der Waals surface area contributed by atoms with Gasteiger partial charge in [-0.25, -0.2) is 9.97 Å². The number of aromatic nitrogens is 4. The maximum absolute atomic E-state index is 11.2. The number of hydrogen-bond donors (Lipinski definition) is 1. The fourth-order valence-electron chi connectivity index (χ4n) is 2.31. The lowest BCUT2D eigenvalue weighted by Gasteiger charge is -2.34. The number of aryl methyl sites for hydroxylation is 1. The molecule has 11 heteroatoms.